The number of hydrogen-bond acceptors (Lipinski definition) is 4. The van der Waals surface area contributed by atoms with Crippen molar-refractivity contribution in [1.29, 1.82) is 0 Å². The summed E-state index contributed by atoms with van der Waals surface area (Å²) >= 11 is 5.95. The normalized spacial score (nSPS) is 20.7. The number of halogens is 1. The summed E-state index contributed by atoms with van der Waals surface area (Å²) in [6.45, 7) is 2.50. The zero-order chi connectivity index (χ0) is 24.4. The average molecular weight is 495 g/mol. The zero-order valence-electron chi connectivity index (χ0n) is 19.7. The highest BCUT2D eigenvalue weighted by Gasteiger charge is 2.52. The molecule has 4 amide bonds. The van der Waals surface area contributed by atoms with Gasteiger partial charge in [-0.3, -0.25) is 14.5 Å². The summed E-state index contributed by atoms with van der Waals surface area (Å²) in [4.78, 5) is 42.0. The maximum Gasteiger partial charge on any atom is 0.325 e. The molecule has 2 aliphatic heterocycles. The minimum atomic E-state index is -0.820. The quantitative estimate of drug-likeness (QED) is 0.545. The first-order chi connectivity index (χ1) is 16.9. The molecule has 2 aromatic carbocycles. The van der Waals surface area contributed by atoms with Crippen LogP contribution in [0.15, 0.2) is 54.6 Å². The van der Waals surface area contributed by atoms with E-state index in [1.165, 1.54) is 4.90 Å². The standard InChI is InChI=1S/C27H31ClN4O3/c28-22-10-6-19(7-11-22)18-32-25(34)27(30-26(32)35)13-16-31(17-14-27)15-12-23(20-4-2-1-3-5-20)29-24(33)21-8-9-21/h1-7,10-11,21,23H,8-9,12-18H2,(H,29,33)(H,30,35)/t23-/m0/s1. The van der Waals surface area contributed by atoms with E-state index in [1.807, 2.05) is 30.3 Å². The molecule has 0 bridgehead atoms. The third-order valence-electron chi connectivity index (χ3n) is 7.41. The van der Waals surface area contributed by atoms with E-state index in [1.54, 1.807) is 12.1 Å². The van der Waals surface area contributed by atoms with Gasteiger partial charge in [-0.05, 0) is 55.4 Å². The Labute approximate surface area is 210 Å². The SMILES string of the molecule is O=C(N[C@@H](CCN1CCC2(CC1)NC(=O)N(Cc1ccc(Cl)cc1)C2=O)c1ccccc1)C1CC1. The Morgan fingerprint density at radius 3 is 2.40 bits per heavy atom. The van der Waals surface area contributed by atoms with Crippen LogP contribution in [0.1, 0.15) is 49.3 Å². The molecule has 7 nitrogen and oxygen atoms in total. The van der Waals surface area contributed by atoms with E-state index < -0.39 is 5.54 Å². The predicted octanol–water partition coefficient (Wildman–Crippen LogP) is 3.88. The summed E-state index contributed by atoms with van der Waals surface area (Å²) < 4.78 is 0. The van der Waals surface area contributed by atoms with Crippen LogP contribution in [0.3, 0.4) is 0 Å². The molecule has 2 N–H and O–H groups in total. The second-order valence-electron chi connectivity index (χ2n) is 9.91. The van der Waals surface area contributed by atoms with Crippen molar-refractivity contribution in [2.24, 2.45) is 5.92 Å². The van der Waals surface area contributed by atoms with Crippen LogP contribution in [0.25, 0.3) is 0 Å². The minimum absolute atomic E-state index is 0.0251. The van der Waals surface area contributed by atoms with Gasteiger partial charge in [0.2, 0.25) is 5.91 Å². The lowest BCUT2D eigenvalue weighted by molar-refractivity contribution is -0.133. The highest BCUT2D eigenvalue weighted by molar-refractivity contribution is 6.30. The molecule has 0 unspecified atom stereocenters. The van der Waals surface area contributed by atoms with Crippen molar-refractivity contribution in [3.05, 3.63) is 70.7 Å². The topological polar surface area (TPSA) is 81.8 Å². The Balaban J connectivity index is 1.17. The number of amides is 4. The molecule has 1 aliphatic carbocycles. The summed E-state index contributed by atoms with van der Waals surface area (Å²) in [7, 11) is 0. The molecule has 1 saturated carbocycles. The van der Waals surface area contributed by atoms with E-state index in [-0.39, 0.29) is 36.3 Å². The molecule has 1 atom stereocenters. The van der Waals surface area contributed by atoms with Gasteiger partial charge in [0.1, 0.15) is 5.54 Å². The third-order valence-corrected chi connectivity index (χ3v) is 7.66. The summed E-state index contributed by atoms with van der Waals surface area (Å²) in [5, 5.41) is 6.84. The molecule has 8 heteroatoms. The number of piperidine rings is 1. The molecule has 2 heterocycles. The third kappa shape index (κ3) is 5.36. The molecule has 1 spiro atoms. The van der Waals surface area contributed by atoms with Crippen LogP contribution in [-0.4, -0.2) is 52.8 Å². The number of benzene rings is 2. The number of nitrogens with zero attached hydrogens (tertiary/aromatic N) is 2. The van der Waals surface area contributed by atoms with Crippen LogP contribution in [-0.2, 0) is 16.1 Å². The lowest BCUT2D eigenvalue weighted by atomic mass is 9.87. The van der Waals surface area contributed by atoms with Crippen LogP contribution in [0.2, 0.25) is 5.02 Å². The first-order valence-corrected chi connectivity index (χ1v) is 12.8. The second-order valence-corrected chi connectivity index (χ2v) is 10.3. The molecule has 35 heavy (non-hydrogen) atoms. The lowest BCUT2D eigenvalue weighted by Gasteiger charge is -2.37. The van der Waals surface area contributed by atoms with Gasteiger partial charge in [0.05, 0.1) is 12.6 Å². The lowest BCUT2D eigenvalue weighted by Crippen LogP contribution is -2.55. The van der Waals surface area contributed by atoms with E-state index in [9.17, 15) is 14.4 Å². The molecule has 2 aromatic rings. The maximum absolute atomic E-state index is 13.3. The van der Waals surface area contributed by atoms with Crippen LogP contribution >= 0.6 is 11.6 Å². The van der Waals surface area contributed by atoms with Gasteiger partial charge in [-0.25, -0.2) is 4.79 Å². The predicted molar refractivity (Wildman–Crippen MR) is 134 cm³/mol. The Morgan fingerprint density at radius 2 is 1.74 bits per heavy atom. The van der Waals surface area contributed by atoms with E-state index in [4.69, 9.17) is 11.6 Å². The Hall–Kier alpha value is -2.90. The number of likely N-dealkylation sites (tertiary alicyclic amines) is 1. The molecule has 5 rings (SSSR count). The zero-order valence-corrected chi connectivity index (χ0v) is 20.5. The van der Waals surface area contributed by atoms with Crippen molar-refractivity contribution >= 4 is 29.4 Å². The summed E-state index contributed by atoms with van der Waals surface area (Å²) in [6, 6.07) is 16.9. The Bertz CT molecular complexity index is 1080. The maximum atomic E-state index is 13.3. The van der Waals surface area contributed by atoms with Gasteiger partial charge in [0, 0.05) is 30.6 Å². The van der Waals surface area contributed by atoms with Crippen LogP contribution in [0, 0.1) is 5.92 Å². The van der Waals surface area contributed by atoms with E-state index >= 15 is 0 Å². The van der Waals surface area contributed by atoms with Gasteiger partial charge in [-0.2, -0.15) is 0 Å². The van der Waals surface area contributed by atoms with E-state index in [2.05, 4.69) is 27.7 Å². The number of rotatable bonds is 8. The van der Waals surface area contributed by atoms with Crippen molar-refractivity contribution in [1.82, 2.24) is 20.4 Å². The number of hydrogen-bond donors (Lipinski definition) is 2. The molecule has 184 valence electrons. The summed E-state index contributed by atoms with van der Waals surface area (Å²) in [6.07, 6.45) is 3.93. The minimum Gasteiger partial charge on any atom is -0.349 e. The summed E-state index contributed by atoms with van der Waals surface area (Å²) in [5.41, 5.74) is 1.16. The van der Waals surface area contributed by atoms with Crippen LogP contribution in [0.5, 0.6) is 0 Å². The molecule has 3 aliphatic rings. The monoisotopic (exact) mass is 494 g/mol. The Kier molecular flexibility index (Phi) is 6.80. The van der Waals surface area contributed by atoms with Crippen molar-refractivity contribution < 1.29 is 14.4 Å². The highest BCUT2D eigenvalue weighted by atomic mass is 35.5. The van der Waals surface area contributed by atoms with Gasteiger partial charge in [0.15, 0.2) is 0 Å². The number of carbonyl (C=O) groups excluding carboxylic acids is 3. The molecular weight excluding hydrogens is 464 g/mol. The van der Waals surface area contributed by atoms with Crippen molar-refractivity contribution in [3.8, 4) is 0 Å². The van der Waals surface area contributed by atoms with Gasteiger partial charge in [0.25, 0.3) is 5.91 Å². The number of carbonyl (C=O) groups is 3. The molecule has 2 saturated heterocycles. The highest BCUT2D eigenvalue weighted by Crippen LogP contribution is 2.32. The largest absolute Gasteiger partial charge is 0.349 e. The molecule has 3 fully saturated rings. The molecule has 0 radical (unpaired) electrons. The fourth-order valence-corrected chi connectivity index (χ4v) is 5.17. The van der Waals surface area contributed by atoms with Gasteiger partial charge < -0.3 is 15.5 Å². The number of nitrogens with one attached hydrogen (secondary N) is 2. The van der Waals surface area contributed by atoms with Crippen LogP contribution in [0.4, 0.5) is 4.79 Å². The van der Waals surface area contributed by atoms with Crippen molar-refractivity contribution in [2.75, 3.05) is 19.6 Å². The fraction of sp³-hybridized carbons (Fsp3) is 0.444. The number of imide groups is 1. The first-order valence-electron chi connectivity index (χ1n) is 12.4. The smallest absolute Gasteiger partial charge is 0.325 e. The van der Waals surface area contributed by atoms with E-state index in [0.29, 0.717) is 17.9 Å². The summed E-state index contributed by atoms with van der Waals surface area (Å²) in [5.74, 6) is 0.177. The average Bonchev–Trinajstić information content (AvgIpc) is 3.70. The van der Waals surface area contributed by atoms with Gasteiger partial charge in [-0.15, -0.1) is 0 Å². The van der Waals surface area contributed by atoms with Crippen LogP contribution < -0.4 is 10.6 Å². The first kappa shape index (κ1) is 23.8. The Morgan fingerprint density at radius 1 is 1.06 bits per heavy atom. The fourth-order valence-electron chi connectivity index (χ4n) is 5.04. The molecule has 0 aromatic heterocycles. The van der Waals surface area contributed by atoms with Crippen molar-refractivity contribution in [2.45, 2.75) is 50.2 Å². The molecular formula is C27H31ClN4O3. The van der Waals surface area contributed by atoms with E-state index in [0.717, 1.165) is 50.0 Å². The van der Waals surface area contributed by atoms with Gasteiger partial charge >= 0.3 is 6.03 Å². The van der Waals surface area contributed by atoms with Crippen molar-refractivity contribution in [3.63, 3.8) is 0 Å². The number of urea groups is 1. The van der Waals surface area contributed by atoms with Gasteiger partial charge in [-0.1, -0.05) is 54.1 Å². The second kappa shape index (κ2) is 9.99.